The fourth-order valence-corrected chi connectivity index (χ4v) is 3.94. The normalized spacial score (nSPS) is 55.6. The van der Waals surface area contributed by atoms with Gasteiger partial charge < -0.3 is 4.74 Å². The first-order valence-corrected chi connectivity index (χ1v) is 5.19. The highest BCUT2D eigenvalue weighted by Crippen LogP contribution is 2.68. The lowest BCUT2D eigenvalue weighted by Crippen LogP contribution is -2.59. The first-order valence-electron chi connectivity index (χ1n) is 5.19. The van der Waals surface area contributed by atoms with E-state index >= 15 is 0 Å². The van der Waals surface area contributed by atoms with Gasteiger partial charge >= 0.3 is 5.97 Å². The fraction of sp³-hybridized carbons (Fsp3) is 0.909. The van der Waals surface area contributed by atoms with Crippen LogP contribution in [0, 0.1) is 23.2 Å². The number of hydrogen-bond acceptors (Lipinski definition) is 2. The summed E-state index contributed by atoms with van der Waals surface area (Å²) in [6.07, 6.45) is 2.29. The van der Waals surface area contributed by atoms with Gasteiger partial charge in [-0.05, 0) is 25.7 Å². The lowest BCUT2D eigenvalue weighted by atomic mass is 9.60. The van der Waals surface area contributed by atoms with E-state index in [1.165, 1.54) is 6.42 Å². The topological polar surface area (TPSA) is 26.3 Å². The second kappa shape index (κ2) is 1.79. The minimum absolute atomic E-state index is 0.0700. The van der Waals surface area contributed by atoms with Crippen LogP contribution in [-0.4, -0.2) is 11.6 Å². The Morgan fingerprint density at radius 3 is 2.54 bits per heavy atom. The van der Waals surface area contributed by atoms with Crippen LogP contribution in [0.3, 0.4) is 0 Å². The third-order valence-electron chi connectivity index (χ3n) is 5.16. The Bertz CT molecular complexity index is 294. The zero-order valence-electron chi connectivity index (χ0n) is 8.46. The third kappa shape index (κ3) is 0.598. The number of carbonyl (C=O) groups excluding carboxylic acids is 1. The Morgan fingerprint density at radius 2 is 2.00 bits per heavy atom. The fourth-order valence-electron chi connectivity index (χ4n) is 3.94. The maximum Gasteiger partial charge on any atom is 0.309 e. The van der Waals surface area contributed by atoms with Gasteiger partial charge in [0.05, 0.1) is 5.92 Å². The van der Waals surface area contributed by atoms with Crippen LogP contribution in [0.2, 0.25) is 0 Å². The van der Waals surface area contributed by atoms with Crippen molar-refractivity contribution in [2.24, 2.45) is 23.2 Å². The van der Waals surface area contributed by atoms with E-state index < -0.39 is 0 Å². The van der Waals surface area contributed by atoms with Gasteiger partial charge in [0.1, 0.15) is 5.60 Å². The van der Waals surface area contributed by atoms with Gasteiger partial charge in [-0.25, -0.2) is 0 Å². The van der Waals surface area contributed by atoms with Crippen LogP contribution < -0.4 is 0 Å². The average Bonchev–Trinajstić information content (AvgIpc) is 2.48. The molecule has 72 valence electrons. The van der Waals surface area contributed by atoms with Crippen LogP contribution in [-0.2, 0) is 9.53 Å². The molecule has 4 atom stereocenters. The highest BCUT2D eigenvalue weighted by Gasteiger charge is 2.71. The smallest absolute Gasteiger partial charge is 0.309 e. The molecule has 2 saturated carbocycles. The van der Waals surface area contributed by atoms with Gasteiger partial charge in [-0.1, -0.05) is 13.8 Å². The molecule has 0 aromatic carbocycles. The van der Waals surface area contributed by atoms with Crippen LogP contribution >= 0.6 is 0 Å². The van der Waals surface area contributed by atoms with Crippen molar-refractivity contribution in [3.63, 3.8) is 0 Å². The molecular formula is C11H16O2. The Balaban J connectivity index is 2.16. The van der Waals surface area contributed by atoms with Gasteiger partial charge in [0, 0.05) is 11.3 Å². The van der Waals surface area contributed by atoms with E-state index in [-0.39, 0.29) is 22.9 Å². The Labute approximate surface area is 78.6 Å². The molecule has 13 heavy (non-hydrogen) atoms. The summed E-state index contributed by atoms with van der Waals surface area (Å²) in [5.74, 6) is 1.52. The van der Waals surface area contributed by atoms with Gasteiger partial charge in [-0.3, -0.25) is 4.79 Å². The van der Waals surface area contributed by atoms with Gasteiger partial charge in [0.15, 0.2) is 0 Å². The van der Waals surface area contributed by atoms with Crippen molar-refractivity contribution in [2.75, 3.05) is 0 Å². The molecule has 4 bridgehead atoms. The molecule has 4 unspecified atom stereocenters. The molecule has 0 spiro atoms. The predicted molar refractivity (Wildman–Crippen MR) is 48.0 cm³/mol. The standard InChI is InChI=1S/C11H16O2/c1-10(2)8-5-6-4-7(8)9(12)13-11(6,10)3/h6-8H,4-5H2,1-3H3. The SMILES string of the molecule is CC1(C)C2CC3CC2C(=O)OC31C. The highest BCUT2D eigenvalue weighted by atomic mass is 16.6. The van der Waals surface area contributed by atoms with E-state index in [4.69, 9.17) is 4.74 Å². The summed E-state index contributed by atoms with van der Waals surface area (Å²) >= 11 is 0. The minimum Gasteiger partial charge on any atom is -0.458 e. The minimum atomic E-state index is -0.163. The molecule has 2 nitrogen and oxygen atoms in total. The van der Waals surface area contributed by atoms with Crippen LogP contribution in [0.25, 0.3) is 0 Å². The number of ether oxygens (including phenoxy) is 1. The molecule has 0 aromatic heterocycles. The van der Waals surface area contributed by atoms with E-state index in [9.17, 15) is 4.79 Å². The first-order chi connectivity index (χ1) is 5.97. The van der Waals surface area contributed by atoms with Gasteiger partial charge in [0.25, 0.3) is 0 Å². The van der Waals surface area contributed by atoms with E-state index in [1.807, 2.05) is 0 Å². The van der Waals surface area contributed by atoms with Gasteiger partial charge in [-0.15, -0.1) is 0 Å². The zero-order chi connectivity index (χ0) is 9.43. The number of rotatable bonds is 0. The van der Waals surface area contributed by atoms with E-state index in [0.29, 0.717) is 11.8 Å². The number of fused-ring (bicyclic) bond motifs is 1. The number of carbonyl (C=O) groups is 1. The molecule has 4 fully saturated rings. The van der Waals surface area contributed by atoms with Crippen LogP contribution in [0.1, 0.15) is 33.6 Å². The summed E-state index contributed by atoms with van der Waals surface area (Å²) in [7, 11) is 0. The van der Waals surface area contributed by atoms with Gasteiger partial charge in [0.2, 0.25) is 0 Å². The molecule has 0 radical (unpaired) electrons. The summed E-state index contributed by atoms with van der Waals surface area (Å²) in [4.78, 5) is 11.6. The molecule has 2 aliphatic heterocycles. The van der Waals surface area contributed by atoms with E-state index in [1.54, 1.807) is 0 Å². The summed E-state index contributed by atoms with van der Waals surface area (Å²) in [5.41, 5.74) is 0.0397. The number of esters is 1. The van der Waals surface area contributed by atoms with Crippen molar-refractivity contribution < 1.29 is 9.53 Å². The maximum atomic E-state index is 11.6. The lowest BCUT2D eigenvalue weighted by Gasteiger charge is -2.53. The van der Waals surface area contributed by atoms with Crippen molar-refractivity contribution in [3.8, 4) is 0 Å². The molecule has 4 rings (SSSR count). The average molecular weight is 180 g/mol. The second-order valence-corrected chi connectivity index (χ2v) is 5.63. The van der Waals surface area contributed by atoms with Crippen molar-refractivity contribution >= 4 is 5.97 Å². The highest BCUT2D eigenvalue weighted by molar-refractivity contribution is 5.77. The Kier molecular flexibility index (Phi) is 1.08. The van der Waals surface area contributed by atoms with Crippen LogP contribution in [0.5, 0.6) is 0 Å². The largest absolute Gasteiger partial charge is 0.458 e. The number of hydrogen-bond donors (Lipinski definition) is 0. The zero-order valence-corrected chi connectivity index (χ0v) is 8.46. The molecule has 0 aromatic rings. The summed E-state index contributed by atoms with van der Waals surface area (Å²) in [5, 5.41) is 0. The molecule has 2 aliphatic carbocycles. The predicted octanol–water partition coefficient (Wildman–Crippen LogP) is 1.98. The first kappa shape index (κ1) is 7.84. The van der Waals surface area contributed by atoms with Crippen molar-refractivity contribution in [2.45, 2.75) is 39.2 Å². The molecule has 2 heterocycles. The third-order valence-corrected chi connectivity index (χ3v) is 5.16. The summed E-state index contributed by atoms with van der Waals surface area (Å²) in [6, 6.07) is 0. The van der Waals surface area contributed by atoms with E-state index in [2.05, 4.69) is 20.8 Å². The van der Waals surface area contributed by atoms with Crippen molar-refractivity contribution in [3.05, 3.63) is 0 Å². The Morgan fingerprint density at radius 1 is 1.31 bits per heavy atom. The molecule has 2 saturated heterocycles. The van der Waals surface area contributed by atoms with Crippen molar-refractivity contribution in [1.82, 2.24) is 0 Å². The molecule has 4 aliphatic rings. The van der Waals surface area contributed by atoms with E-state index in [0.717, 1.165) is 6.42 Å². The van der Waals surface area contributed by atoms with Crippen LogP contribution in [0.4, 0.5) is 0 Å². The molecule has 0 amide bonds. The summed E-state index contributed by atoms with van der Waals surface area (Å²) < 4.78 is 5.60. The summed E-state index contributed by atoms with van der Waals surface area (Å²) in [6.45, 7) is 6.65. The molecular weight excluding hydrogens is 164 g/mol. The molecule has 2 heteroatoms. The Hall–Kier alpha value is -0.530. The lowest BCUT2D eigenvalue weighted by molar-refractivity contribution is -0.216. The van der Waals surface area contributed by atoms with Crippen LogP contribution in [0.15, 0.2) is 0 Å². The van der Waals surface area contributed by atoms with Crippen molar-refractivity contribution in [1.29, 1.82) is 0 Å². The maximum absolute atomic E-state index is 11.6. The monoisotopic (exact) mass is 180 g/mol. The second-order valence-electron chi connectivity index (χ2n) is 5.63. The van der Waals surface area contributed by atoms with Gasteiger partial charge in [-0.2, -0.15) is 0 Å². The quantitative estimate of drug-likeness (QED) is 0.533. The molecule has 0 N–H and O–H groups in total.